The van der Waals surface area contributed by atoms with E-state index in [1.807, 2.05) is 53.5 Å². The van der Waals surface area contributed by atoms with Crippen molar-refractivity contribution >= 4 is 0 Å². The maximum absolute atomic E-state index is 3.13. The Bertz CT molecular complexity index is 311. The van der Waals surface area contributed by atoms with E-state index in [4.69, 9.17) is 0 Å². The number of pyridine rings is 1. The van der Waals surface area contributed by atoms with E-state index in [0.29, 0.717) is 0 Å². The first kappa shape index (κ1) is 6.16. The van der Waals surface area contributed by atoms with Gasteiger partial charge < -0.3 is 0 Å². The molecule has 0 radical (unpaired) electrons. The molecule has 0 aliphatic heterocycles. The van der Waals surface area contributed by atoms with Gasteiger partial charge in [0.25, 0.3) is 5.82 Å². The summed E-state index contributed by atoms with van der Waals surface area (Å²) in [7, 11) is 0. The van der Waals surface area contributed by atoms with E-state index in [1.165, 1.54) is 0 Å². The van der Waals surface area contributed by atoms with Crippen LogP contribution in [0.1, 0.15) is 0 Å². The van der Waals surface area contributed by atoms with Gasteiger partial charge in [0.1, 0.15) is 0 Å². The molecule has 1 N–H and O–H groups in total. The molecule has 0 spiro atoms. The Morgan fingerprint density at radius 2 is 1.82 bits per heavy atom. The first-order valence-corrected chi connectivity index (χ1v) is 3.57. The van der Waals surface area contributed by atoms with Gasteiger partial charge in [-0.05, 0) is 18.2 Å². The smallest absolute Gasteiger partial charge is 0.247 e. The maximum Gasteiger partial charge on any atom is 0.283 e. The summed E-state index contributed by atoms with van der Waals surface area (Å²) in [5.74, 6) is 1.08. The van der Waals surface area contributed by atoms with Crippen LogP contribution in [-0.4, -0.2) is 4.57 Å². The lowest BCUT2D eigenvalue weighted by atomic mass is 10.5. The zero-order valence-corrected chi connectivity index (χ0v) is 6.07. The Morgan fingerprint density at radius 3 is 2.45 bits per heavy atom. The van der Waals surface area contributed by atoms with Gasteiger partial charge in [-0.15, -0.1) is 0 Å². The SMILES string of the molecule is c1ccc(-n2cccc2)[nH+]c1. The molecular weight excluding hydrogens is 136 g/mol. The maximum atomic E-state index is 3.13. The quantitative estimate of drug-likeness (QED) is 0.576. The highest BCUT2D eigenvalue weighted by Crippen LogP contribution is 1.98. The Hall–Kier alpha value is -1.57. The summed E-state index contributed by atoms with van der Waals surface area (Å²) >= 11 is 0. The van der Waals surface area contributed by atoms with Gasteiger partial charge in [0, 0.05) is 6.07 Å². The van der Waals surface area contributed by atoms with Crippen LogP contribution in [-0.2, 0) is 0 Å². The largest absolute Gasteiger partial charge is 0.283 e. The van der Waals surface area contributed by atoms with Crippen LogP contribution in [0.25, 0.3) is 5.82 Å². The van der Waals surface area contributed by atoms with Crippen LogP contribution >= 0.6 is 0 Å². The average molecular weight is 145 g/mol. The fraction of sp³-hybridized carbons (Fsp3) is 0. The van der Waals surface area contributed by atoms with Crippen LogP contribution < -0.4 is 4.98 Å². The first-order valence-electron chi connectivity index (χ1n) is 3.57. The molecule has 0 saturated heterocycles. The molecule has 2 nitrogen and oxygen atoms in total. The zero-order chi connectivity index (χ0) is 7.52. The van der Waals surface area contributed by atoms with E-state index in [0.717, 1.165) is 5.82 Å². The molecule has 2 heteroatoms. The molecule has 0 aliphatic carbocycles. The zero-order valence-electron chi connectivity index (χ0n) is 6.07. The van der Waals surface area contributed by atoms with Crippen LogP contribution in [0.4, 0.5) is 0 Å². The van der Waals surface area contributed by atoms with Crippen molar-refractivity contribution in [3.63, 3.8) is 0 Å². The first-order chi connectivity index (χ1) is 5.47. The predicted molar refractivity (Wildman–Crippen MR) is 42.3 cm³/mol. The van der Waals surface area contributed by atoms with E-state index in [1.54, 1.807) is 0 Å². The summed E-state index contributed by atoms with van der Waals surface area (Å²) in [6, 6.07) is 10.0. The van der Waals surface area contributed by atoms with Gasteiger partial charge in [-0.2, -0.15) is 0 Å². The normalized spacial score (nSPS) is 9.82. The lowest BCUT2D eigenvalue weighted by Gasteiger charge is -1.89. The minimum absolute atomic E-state index is 1.08. The van der Waals surface area contributed by atoms with Crippen LogP contribution in [0.15, 0.2) is 48.9 Å². The van der Waals surface area contributed by atoms with Crippen LogP contribution in [0.5, 0.6) is 0 Å². The Labute approximate surface area is 65.1 Å². The third-order valence-electron chi connectivity index (χ3n) is 1.58. The summed E-state index contributed by atoms with van der Waals surface area (Å²) in [4.78, 5) is 3.13. The molecular formula is C9H9N2+. The van der Waals surface area contributed by atoms with Crippen molar-refractivity contribution in [3.8, 4) is 5.82 Å². The molecule has 2 aromatic rings. The predicted octanol–water partition coefficient (Wildman–Crippen LogP) is 1.29. The Morgan fingerprint density at radius 1 is 1.00 bits per heavy atom. The molecule has 54 valence electrons. The number of nitrogens with zero attached hydrogens (tertiary/aromatic N) is 1. The van der Waals surface area contributed by atoms with Gasteiger partial charge >= 0.3 is 0 Å². The minimum atomic E-state index is 1.08. The fourth-order valence-electron chi connectivity index (χ4n) is 1.04. The molecule has 2 aromatic heterocycles. The highest BCUT2D eigenvalue weighted by atomic mass is 15.0. The van der Waals surface area contributed by atoms with Crippen molar-refractivity contribution in [1.82, 2.24) is 4.57 Å². The van der Waals surface area contributed by atoms with Gasteiger partial charge in [-0.25, -0.2) is 9.55 Å². The number of rotatable bonds is 1. The summed E-state index contributed by atoms with van der Waals surface area (Å²) in [6.45, 7) is 0. The molecule has 11 heavy (non-hydrogen) atoms. The van der Waals surface area contributed by atoms with Crippen LogP contribution in [0.3, 0.4) is 0 Å². The second-order valence-corrected chi connectivity index (χ2v) is 2.34. The Balaban J connectivity index is 2.46. The van der Waals surface area contributed by atoms with Gasteiger partial charge in [-0.3, -0.25) is 0 Å². The summed E-state index contributed by atoms with van der Waals surface area (Å²) in [6.07, 6.45) is 5.92. The molecule has 0 aliphatic rings. The molecule has 0 fully saturated rings. The Kier molecular flexibility index (Phi) is 1.44. The van der Waals surface area contributed by atoms with Gasteiger partial charge in [0.2, 0.25) is 0 Å². The third kappa shape index (κ3) is 1.15. The monoisotopic (exact) mass is 145 g/mol. The van der Waals surface area contributed by atoms with Gasteiger partial charge in [0.15, 0.2) is 0 Å². The minimum Gasteiger partial charge on any atom is -0.247 e. The molecule has 0 atom stereocenters. The molecule has 0 bridgehead atoms. The third-order valence-corrected chi connectivity index (χ3v) is 1.58. The van der Waals surface area contributed by atoms with E-state index in [9.17, 15) is 0 Å². The lowest BCUT2D eigenvalue weighted by molar-refractivity contribution is -0.373. The molecule has 2 rings (SSSR count). The highest BCUT2D eigenvalue weighted by molar-refractivity contribution is 5.16. The summed E-state index contributed by atoms with van der Waals surface area (Å²) in [5.41, 5.74) is 0. The van der Waals surface area contributed by atoms with Crippen molar-refractivity contribution < 1.29 is 4.98 Å². The van der Waals surface area contributed by atoms with Gasteiger partial charge in [-0.1, -0.05) is 6.07 Å². The fourth-order valence-corrected chi connectivity index (χ4v) is 1.04. The second kappa shape index (κ2) is 2.58. The number of H-pyrrole nitrogens is 1. The van der Waals surface area contributed by atoms with Crippen molar-refractivity contribution in [3.05, 3.63) is 48.9 Å². The van der Waals surface area contributed by atoms with Crippen LogP contribution in [0.2, 0.25) is 0 Å². The number of hydrogen-bond donors (Lipinski definition) is 0. The van der Waals surface area contributed by atoms with Crippen LogP contribution in [0, 0.1) is 0 Å². The number of nitrogens with one attached hydrogen (secondary N) is 1. The van der Waals surface area contributed by atoms with Crippen molar-refractivity contribution in [2.24, 2.45) is 0 Å². The number of hydrogen-bond acceptors (Lipinski definition) is 0. The van der Waals surface area contributed by atoms with E-state index >= 15 is 0 Å². The topological polar surface area (TPSA) is 19.1 Å². The molecule has 0 unspecified atom stereocenters. The standard InChI is InChI=1S/C9H8N2/c1-2-6-10-9(5-1)11-7-3-4-8-11/h1-8H/p+1. The number of aromatic nitrogens is 2. The summed E-state index contributed by atoms with van der Waals surface area (Å²) in [5, 5.41) is 0. The molecule has 0 saturated carbocycles. The van der Waals surface area contributed by atoms with Crippen molar-refractivity contribution in [2.45, 2.75) is 0 Å². The average Bonchev–Trinajstić information content (AvgIpc) is 2.58. The summed E-state index contributed by atoms with van der Waals surface area (Å²) < 4.78 is 2.03. The second-order valence-electron chi connectivity index (χ2n) is 2.34. The van der Waals surface area contributed by atoms with E-state index in [2.05, 4.69) is 4.98 Å². The lowest BCUT2D eigenvalue weighted by Crippen LogP contribution is -2.09. The van der Waals surface area contributed by atoms with E-state index in [-0.39, 0.29) is 0 Å². The highest BCUT2D eigenvalue weighted by Gasteiger charge is 1.99. The van der Waals surface area contributed by atoms with E-state index < -0.39 is 0 Å². The molecule has 2 heterocycles. The molecule has 0 amide bonds. The van der Waals surface area contributed by atoms with Crippen molar-refractivity contribution in [2.75, 3.05) is 0 Å². The van der Waals surface area contributed by atoms with Gasteiger partial charge in [0.05, 0.1) is 18.6 Å². The van der Waals surface area contributed by atoms with Crippen molar-refractivity contribution in [1.29, 1.82) is 0 Å². The molecule has 0 aromatic carbocycles. The number of aromatic amines is 1.